The summed E-state index contributed by atoms with van der Waals surface area (Å²) in [4.78, 5) is 22.7. The third-order valence-corrected chi connectivity index (χ3v) is 4.18. The summed E-state index contributed by atoms with van der Waals surface area (Å²) in [6.07, 6.45) is 0.900. The van der Waals surface area contributed by atoms with Crippen LogP contribution < -0.4 is 5.32 Å². The second-order valence-electron chi connectivity index (χ2n) is 5.05. The van der Waals surface area contributed by atoms with Crippen molar-refractivity contribution >= 4 is 38.5 Å². The summed E-state index contributed by atoms with van der Waals surface area (Å²) in [5.74, 6) is -1.99. The standard InChI is InChI=1S/C16H15NO8S/c1-24-15(19)8-13(16(20)25-2)17-10-4-3-9-5-11(26(21,22)23)7-14(18)12(9)6-10/h3-8,17-18H,1-2H3,(H,21,22,23)/b13-8+. The first-order valence-electron chi connectivity index (χ1n) is 7.05. The third kappa shape index (κ3) is 4.29. The molecule has 0 amide bonds. The highest BCUT2D eigenvalue weighted by molar-refractivity contribution is 7.85. The van der Waals surface area contributed by atoms with Crippen LogP contribution in [-0.2, 0) is 29.2 Å². The number of carbonyl (C=O) groups is 2. The Hall–Kier alpha value is -3.11. The number of methoxy groups -OCH3 is 2. The number of fused-ring (bicyclic) bond motifs is 1. The van der Waals surface area contributed by atoms with Crippen molar-refractivity contribution in [3.63, 3.8) is 0 Å². The van der Waals surface area contributed by atoms with Crippen LogP contribution in [0.1, 0.15) is 0 Å². The van der Waals surface area contributed by atoms with Gasteiger partial charge in [-0.1, -0.05) is 6.07 Å². The number of benzene rings is 2. The van der Waals surface area contributed by atoms with E-state index in [-0.39, 0.29) is 11.1 Å². The molecule has 2 aromatic carbocycles. The summed E-state index contributed by atoms with van der Waals surface area (Å²) >= 11 is 0. The molecule has 0 heterocycles. The van der Waals surface area contributed by atoms with Crippen LogP contribution in [0.15, 0.2) is 47.0 Å². The molecule has 0 aromatic heterocycles. The van der Waals surface area contributed by atoms with Gasteiger partial charge in [-0.05, 0) is 23.6 Å². The highest BCUT2D eigenvalue weighted by atomic mass is 32.2. The van der Waals surface area contributed by atoms with Crippen molar-refractivity contribution in [2.24, 2.45) is 0 Å². The quantitative estimate of drug-likeness (QED) is 0.399. The van der Waals surface area contributed by atoms with E-state index in [0.717, 1.165) is 26.4 Å². The molecule has 0 fully saturated rings. The molecule has 0 saturated carbocycles. The first kappa shape index (κ1) is 19.2. The van der Waals surface area contributed by atoms with Gasteiger partial charge in [-0.2, -0.15) is 8.42 Å². The van der Waals surface area contributed by atoms with Crippen LogP contribution in [0.2, 0.25) is 0 Å². The molecule has 2 aromatic rings. The normalized spacial score (nSPS) is 11.9. The molecule has 0 radical (unpaired) electrons. The van der Waals surface area contributed by atoms with Gasteiger partial charge in [0.2, 0.25) is 0 Å². The maximum atomic E-state index is 11.7. The Bertz CT molecular complexity index is 1010. The molecule has 0 saturated heterocycles. The van der Waals surface area contributed by atoms with Crippen LogP contribution in [-0.4, -0.2) is 44.2 Å². The SMILES string of the molecule is COC(=O)/C=C(/Nc1ccc2cc(S(=O)(=O)O)cc(O)c2c1)C(=O)OC. The lowest BCUT2D eigenvalue weighted by atomic mass is 10.1. The van der Waals surface area contributed by atoms with Gasteiger partial charge in [0, 0.05) is 17.1 Å². The van der Waals surface area contributed by atoms with Gasteiger partial charge < -0.3 is 19.9 Å². The van der Waals surface area contributed by atoms with Gasteiger partial charge in [-0.3, -0.25) is 4.55 Å². The molecule has 0 spiro atoms. The molecule has 0 unspecified atom stereocenters. The lowest BCUT2D eigenvalue weighted by molar-refractivity contribution is -0.138. The van der Waals surface area contributed by atoms with Gasteiger partial charge in [-0.25, -0.2) is 9.59 Å². The number of rotatable bonds is 5. The van der Waals surface area contributed by atoms with E-state index in [2.05, 4.69) is 14.8 Å². The molecular formula is C16H15NO8S. The van der Waals surface area contributed by atoms with E-state index in [4.69, 9.17) is 4.55 Å². The van der Waals surface area contributed by atoms with E-state index >= 15 is 0 Å². The van der Waals surface area contributed by atoms with E-state index in [1.165, 1.54) is 24.3 Å². The van der Waals surface area contributed by atoms with Crippen molar-refractivity contribution in [3.05, 3.63) is 42.1 Å². The van der Waals surface area contributed by atoms with Crippen LogP contribution in [0, 0.1) is 0 Å². The minimum atomic E-state index is -4.47. The molecule has 0 bridgehead atoms. The first-order valence-corrected chi connectivity index (χ1v) is 8.49. The van der Waals surface area contributed by atoms with E-state index in [0.29, 0.717) is 11.1 Å². The molecule has 0 aliphatic heterocycles. The predicted molar refractivity (Wildman–Crippen MR) is 91.2 cm³/mol. The molecule has 2 rings (SSSR count). The number of carbonyl (C=O) groups excluding carboxylic acids is 2. The average molecular weight is 381 g/mol. The predicted octanol–water partition coefficient (Wildman–Crippen LogP) is 1.43. The number of aromatic hydroxyl groups is 1. The summed E-state index contributed by atoms with van der Waals surface area (Å²) in [6, 6.07) is 6.43. The van der Waals surface area contributed by atoms with E-state index in [1.54, 1.807) is 0 Å². The van der Waals surface area contributed by atoms with E-state index < -0.39 is 32.7 Å². The lowest BCUT2D eigenvalue weighted by Gasteiger charge is -2.11. The van der Waals surface area contributed by atoms with Gasteiger partial charge in [0.25, 0.3) is 10.1 Å². The number of nitrogens with one attached hydrogen (secondary N) is 1. The van der Waals surface area contributed by atoms with Gasteiger partial charge >= 0.3 is 11.9 Å². The molecule has 10 heteroatoms. The van der Waals surface area contributed by atoms with Crippen LogP contribution >= 0.6 is 0 Å². The maximum absolute atomic E-state index is 11.7. The minimum absolute atomic E-state index is 0.201. The van der Waals surface area contributed by atoms with Crippen molar-refractivity contribution in [1.82, 2.24) is 0 Å². The van der Waals surface area contributed by atoms with Crippen LogP contribution in [0.4, 0.5) is 5.69 Å². The number of ether oxygens (including phenoxy) is 2. The second-order valence-corrected chi connectivity index (χ2v) is 6.47. The number of hydrogen-bond acceptors (Lipinski definition) is 8. The van der Waals surface area contributed by atoms with Gasteiger partial charge in [0.05, 0.1) is 25.2 Å². The van der Waals surface area contributed by atoms with E-state index in [1.807, 2.05) is 0 Å². The van der Waals surface area contributed by atoms with E-state index in [9.17, 15) is 23.1 Å². The molecule has 0 atom stereocenters. The Kier molecular flexibility index (Phi) is 5.48. The number of hydrogen-bond donors (Lipinski definition) is 3. The number of esters is 2. The van der Waals surface area contributed by atoms with Gasteiger partial charge in [0.15, 0.2) is 0 Å². The summed E-state index contributed by atoms with van der Waals surface area (Å²) < 4.78 is 40.5. The fraction of sp³-hybridized carbons (Fsp3) is 0.125. The number of phenolic OH excluding ortho intramolecular Hbond substituents is 1. The third-order valence-electron chi connectivity index (χ3n) is 3.35. The fourth-order valence-corrected chi connectivity index (χ4v) is 2.66. The largest absolute Gasteiger partial charge is 0.507 e. The molecule has 3 N–H and O–H groups in total. The maximum Gasteiger partial charge on any atom is 0.354 e. The topological polar surface area (TPSA) is 139 Å². The average Bonchev–Trinajstić information content (AvgIpc) is 2.59. The van der Waals surface area contributed by atoms with Gasteiger partial charge in [0.1, 0.15) is 11.4 Å². The number of phenols is 1. The summed E-state index contributed by atoms with van der Waals surface area (Å²) in [5, 5.41) is 13.3. The van der Waals surface area contributed by atoms with Crippen LogP contribution in [0.25, 0.3) is 10.8 Å². The van der Waals surface area contributed by atoms with Crippen LogP contribution in [0.3, 0.4) is 0 Å². The zero-order chi connectivity index (χ0) is 19.5. The van der Waals surface area contributed by atoms with Crippen molar-refractivity contribution in [3.8, 4) is 5.75 Å². The number of anilines is 1. The van der Waals surface area contributed by atoms with Crippen molar-refractivity contribution in [1.29, 1.82) is 0 Å². The molecule has 0 aliphatic carbocycles. The molecule has 0 aliphatic rings. The monoisotopic (exact) mass is 381 g/mol. The van der Waals surface area contributed by atoms with Crippen LogP contribution in [0.5, 0.6) is 5.75 Å². The molecule has 9 nitrogen and oxygen atoms in total. The van der Waals surface area contributed by atoms with Crippen molar-refractivity contribution in [2.75, 3.05) is 19.5 Å². The Morgan fingerprint density at radius 2 is 1.81 bits per heavy atom. The first-order chi connectivity index (χ1) is 12.2. The van der Waals surface area contributed by atoms with Crippen molar-refractivity contribution < 1.29 is 37.1 Å². The van der Waals surface area contributed by atoms with Crippen molar-refractivity contribution in [2.45, 2.75) is 4.90 Å². The molecule has 26 heavy (non-hydrogen) atoms. The Morgan fingerprint density at radius 3 is 2.38 bits per heavy atom. The highest BCUT2D eigenvalue weighted by Crippen LogP contribution is 2.31. The summed E-state index contributed by atoms with van der Waals surface area (Å²) in [5.41, 5.74) is 0.112. The van der Waals surface area contributed by atoms with Gasteiger partial charge in [-0.15, -0.1) is 0 Å². The Labute approximate surface area is 148 Å². The zero-order valence-electron chi connectivity index (χ0n) is 13.7. The highest BCUT2D eigenvalue weighted by Gasteiger charge is 2.16. The zero-order valence-corrected chi connectivity index (χ0v) is 14.5. The fourth-order valence-electron chi connectivity index (χ4n) is 2.13. The molecular weight excluding hydrogens is 366 g/mol. The second kappa shape index (κ2) is 7.42. The summed E-state index contributed by atoms with van der Waals surface area (Å²) in [6.45, 7) is 0. The molecule has 138 valence electrons. The minimum Gasteiger partial charge on any atom is -0.507 e. The Morgan fingerprint density at radius 1 is 1.12 bits per heavy atom. The lowest BCUT2D eigenvalue weighted by Crippen LogP contribution is -2.15. The summed E-state index contributed by atoms with van der Waals surface area (Å²) in [7, 11) is -2.19. The smallest absolute Gasteiger partial charge is 0.354 e. The Balaban J connectivity index is 2.48.